The summed E-state index contributed by atoms with van der Waals surface area (Å²) in [5.74, 6) is -0.194. The van der Waals surface area contributed by atoms with Crippen LogP contribution in [-0.2, 0) is 10.0 Å². The Morgan fingerprint density at radius 2 is 1.90 bits per heavy atom. The monoisotopic (exact) mass is 316 g/mol. The summed E-state index contributed by atoms with van der Waals surface area (Å²) in [6.45, 7) is 1.62. The van der Waals surface area contributed by atoms with Gasteiger partial charge in [-0.25, -0.2) is 13.6 Å². The molecule has 1 aliphatic carbocycles. The molecule has 112 valence electrons. The smallest absolute Gasteiger partial charge is 0.252 e. The van der Waals surface area contributed by atoms with E-state index in [0.717, 1.165) is 37.0 Å². The quantitative estimate of drug-likeness (QED) is 0.837. The van der Waals surface area contributed by atoms with Crippen LogP contribution in [0.15, 0.2) is 9.59 Å². The van der Waals surface area contributed by atoms with Crippen LogP contribution in [0.25, 0.3) is 0 Å². The summed E-state index contributed by atoms with van der Waals surface area (Å²) in [6, 6.07) is 0.197. The highest BCUT2D eigenvalue weighted by atomic mass is 32.2. The number of nitrogens with one attached hydrogen (secondary N) is 1. The van der Waals surface area contributed by atoms with Gasteiger partial charge in [-0.2, -0.15) is 0 Å². The van der Waals surface area contributed by atoms with Crippen LogP contribution in [0.4, 0.5) is 0 Å². The zero-order valence-electron chi connectivity index (χ0n) is 11.5. The minimum absolute atomic E-state index is 0.0727. The van der Waals surface area contributed by atoms with Gasteiger partial charge in [-0.3, -0.25) is 4.79 Å². The van der Waals surface area contributed by atoms with Crippen molar-refractivity contribution < 1.29 is 13.2 Å². The Morgan fingerprint density at radius 1 is 1.30 bits per heavy atom. The Balaban J connectivity index is 2.11. The Hall–Kier alpha value is -0.920. The maximum Gasteiger partial charge on any atom is 0.252 e. The average Bonchev–Trinajstić information content (AvgIpc) is 2.58. The van der Waals surface area contributed by atoms with Crippen molar-refractivity contribution >= 4 is 27.3 Å². The lowest BCUT2D eigenvalue weighted by Gasteiger charge is -2.16. The van der Waals surface area contributed by atoms with Gasteiger partial charge in [0.1, 0.15) is 4.21 Å². The van der Waals surface area contributed by atoms with Crippen molar-refractivity contribution in [1.82, 2.24) is 5.32 Å². The fourth-order valence-corrected chi connectivity index (χ4v) is 4.60. The molecule has 3 N–H and O–H groups in total. The summed E-state index contributed by atoms with van der Waals surface area (Å²) >= 11 is 1.00. The molecule has 7 heteroatoms. The van der Waals surface area contributed by atoms with E-state index < -0.39 is 10.0 Å². The van der Waals surface area contributed by atoms with Gasteiger partial charge in [-0.15, -0.1) is 11.3 Å². The first-order valence-corrected chi connectivity index (χ1v) is 9.24. The molecule has 0 aromatic carbocycles. The third kappa shape index (κ3) is 3.59. The van der Waals surface area contributed by atoms with Crippen molar-refractivity contribution in [3.8, 4) is 0 Å². The second kappa shape index (κ2) is 6.24. The van der Waals surface area contributed by atoms with E-state index in [1.165, 1.54) is 12.8 Å². The van der Waals surface area contributed by atoms with Crippen LogP contribution in [0, 0.1) is 6.92 Å². The number of thiophene rings is 1. The van der Waals surface area contributed by atoms with Gasteiger partial charge in [0.15, 0.2) is 0 Å². The zero-order chi connectivity index (χ0) is 14.8. The summed E-state index contributed by atoms with van der Waals surface area (Å²) < 4.78 is 22.8. The van der Waals surface area contributed by atoms with Crippen molar-refractivity contribution in [3.05, 3.63) is 16.5 Å². The van der Waals surface area contributed by atoms with Gasteiger partial charge in [-0.1, -0.05) is 25.7 Å². The van der Waals surface area contributed by atoms with E-state index in [-0.39, 0.29) is 16.2 Å². The Labute approximate surface area is 123 Å². The summed E-state index contributed by atoms with van der Waals surface area (Å²) in [6.07, 6.45) is 6.71. The van der Waals surface area contributed by atoms with Gasteiger partial charge in [0.25, 0.3) is 5.91 Å². The molecule has 0 bridgehead atoms. The van der Waals surface area contributed by atoms with Crippen LogP contribution in [0.5, 0.6) is 0 Å². The van der Waals surface area contributed by atoms with Crippen LogP contribution in [0.3, 0.4) is 0 Å². The van der Waals surface area contributed by atoms with Gasteiger partial charge in [-0.05, 0) is 25.3 Å². The van der Waals surface area contributed by atoms with Crippen molar-refractivity contribution in [3.63, 3.8) is 0 Å². The topological polar surface area (TPSA) is 89.3 Å². The summed E-state index contributed by atoms with van der Waals surface area (Å²) in [5.41, 5.74) is 0.867. The Bertz CT molecular complexity index is 585. The normalized spacial score (nSPS) is 17.7. The largest absolute Gasteiger partial charge is 0.349 e. The molecule has 0 spiro atoms. The van der Waals surface area contributed by atoms with Crippen LogP contribution >= 0.6 is 11.3 Å². The predicted molar refractivity (Wildman–Crippen MR) is 79.4 cm³/mol. The maximum absolute atomic E-state index is 12.2. The van der Waals surface area contributed by atoms with Gasteiger partial charge in [0.2, 0.25) is 10.0 Å². The highest BCUT2D eigenvalue weighted by Gasteiger charge is 2.22. The minimum atomic E-state index is -3.75. The number of rotatable bonds is 3. The highest BCUT2D eigenvalue weighted by molar-refractivity contribution is 7.91. The highest BCUT2D eigenvalue weighted by Crippen LogP contribution is 2.26. The number of sulfonamides is 1. The van der Waals surface area contributed by atoms with Crippen molar-refractivity contribution in [2.24, 2.45) is 5.14 Å². The second-order valence-electron chi connectivity index (χ2n) is 5.27. The zero-order valence-corrected chi connectivity index (χ0v) is 13.1. The number of nitrogens with two attached hydrogens (primary N) is 1. The lowest BCUT2D eigenvalue weighted by Crippen LogP contribution is -2.34. The van der Waals surface area contributed by atoms with E-state index >= 15 is 0 Å². The number of amides is 1. The molecule has 1 aromatic rings. The van der Waals surface area contributed by atoms with Crippen LogP contribution < -0.4 is 10.5 Å². The van der Waals surface area contributed by atoms with Crippen molar-refractivity contribution in [1.29, 1.82) is 0 Å². The molecule has 2 rings (SSSR count). The summed E-state index contributed by atoms with van der Waals surface area (Å²) in [4.78, 5) is 12.2. The maximum atomic E-state index is 12.2. The lowest BCUT2D eigenvalue weighted by molar-refractivity contribution is 0.0933. The number of hydrogen-bond donors (Lipinski definition) is 2. The number of carbonyl (C=O) groups excluding carboxylic acids is 1. The standard InChI is InChI=1S/C13H20N2O3S2/c1-9-11(8-19-13(9)20(14,17)18)12(16)15-10-6-4-2-3-5-7-10/h8,10H,2-7H2,1H3,(H,15,16)(H2,14,17,18). The van der Waals surface area contributed by atoms with E-state index in [2.05, 4.69) is 5.32 Å². The number of carbonyl (C=O) groups is 1. The predicted octanol–water partition coefficient (Wildman–Crippen LogP) is 2.16. The van der Waals surface area contributed by atoms with E-state index in [1.54, 1.807) is 12.3 Å². The minimum Gasteiger partial charge on any atom is -0.349 e. The molecule has 20 heavy (non-hydrogen) atoms. The van der Waals surface area contributed by atoms with Crippen molar-refractivity contribution in [2.75, 3.05) is 0 Å². The third-order valence-corrected chi connectivity index (χ3v) is 6.37. The van der Waals surface area contributed by atoms with Crippen molar-refractivity contribution in [2.45, 2.75) is 55.7 Å². The molecule has 0 atom stereocenters. The molecule has 1 aliphatic rings. The molecule has 1 amide bonds. The third-order valence-electron chi connectivity index (χ3n) is 3.69. The molecular weight excluding hydrogens is 296 g/mol. The first-order chi connectivity index (χ1) is 9.39. The average molecular weight is 316 g/mol. The first kappa shape index (κ1) is 15.5. The van der Waals surface area contributed by atoms with Gasteiger partial charge in [0.05, 0.1) is 5.56 Å². The Morgan fingerprint density at radius 3 is 2.40 bits per heavy atom. The van der Waals surface area contributed by atoms with Crippen LogP contribution in [0.2, 0.25) is 0 Å². The van der Waals surface area contributed by atoms with E-state index in [0.29, 0.717) is 11.1 Å². The molecule has 1 heterocycles. The fourth-order valence-electron chi connectivity index (χ4n) is 2.59. The van der Waals surface area contributed by atoms with Crippen LogP contribution in [-0.4, -0.2) is 20.4 Å². The van der Waals surface area contributed by atoms with Gasteiger partial charge < -0.3 is 5.32 Å². The number of primary sulfonamides is 1. The Kier molecular flexibility index (Phi) is 4.82. The number of hydrogen-bond acceptors (Lipinski definition) is 4. The summed E-state index contributed by atoms with van der Waals surface area (Å²) in [5, 5.41) is 9.71. The van der Waals surface area contributed by atoms with E-state index in [4.69, 9.17) is 5.14 Å². The molecule has 5 nitrogen and oxygen atoms in total. The molecule has 1 fully saturated rings. The van der Waals surface area contributed by atoms with E-state index in [9.17, 15) is 13.2 Å². The van der Waals surface area contributed by atoms with E-state index in [1.807, 2.05) is 0 Å². The molecule has 0 unspecified atom stereocenters. The van der Waals surface area contributed by atoms with Crippen LogP contribution in [0.1, 0.15) is 54.4 Å². The first-order valence-electron chi connectivity index (χ1n) is 6.81. The lowest BCUT2D eigenvalue weighted by atomic mass is 10.1. The molecule has 0 radical (unpaired) electrons. The molecular formula is C13H20N2O3S2. The second-order valence-corrected chi connectivity index (χ2v) is 7.91. The molecule has 1 aromatic heterocycles. The summed E-state index contributed by atoms with van der Waals surface area (Å²) in [7, 11) is -3.75. The molecule has 0 saturated heterocycles. The molecule has 0 aliphatic heterocycles. The van der Waals surface area contributed by atoms with Gasteiger partial charge in [0, 0.05) is 11.4 Å². The molecule has 1 saturated carbocycles. The fraction of sp³-hybridized carbons (Fsp3) is 0.615. The SMILES string of the molecule is Cc1c(C(=O)NC2CCCCCC2)csc1S(N)(=O)=O. The van der Waals surface area contributed by atoms with Gasteiger partial charge >= 0.3 is 0 Å².